The quantitative estimate of drug-likeness (QED) is 0.599. The van der Waals surface area contributed by atoms with Crippen molar-refractivity contribution >= 4 is 14.1 Å². The predicted octanol–water partition coefficient (Wildman–Crippen LogP) is 2.60. The molecule has 72 valence electrons. The number of carbonyl (C=O) groups is 1. The molecule has 0 aliphatic heterocycles. The molecule has 0 amide bonds. The molecule has 0 aliphatic carbocycles. The summed E-state index contributed by atoms with van der Waals surface area (Å²) < 4.78 is 5.73. The van der Waals surface area contributed by atoms with Crippen molar-refractivity contribution < 1.29 is 9.22 Å². The van der Waals surface area contributed by atoms with E-state index in [0.717, 1.165) is 18.1 Å². The van der Waals surface area contributed by atoms with Crippen molar-refractivity contribution in [3.63, 3.8) is 0 Å². The molecular weight excluding hydrogens is 168 g/mol. The predicted molar refractivity (Wildman–Crippen MR) is 53.8 cm³/mol. The van der Waals surface area contributed by atoms with Crippen LogP contribution in [0.15, 0.2) is 0 Å². The van der Waals surface area contributed by atoms with Crippen molar-refractivity contribution in [3.05, 3.63) is 0 Å². The molecule has 0 spiro atoms. The number of hydrogen-bond acceptors (Lipinski definition) is 2. The van der Waals surface area contributed by atoms with Crippen LogP contribution in [-0.4, -0.2) is 20.7 Å². The molecule has 0 heterocycles. The Bertz CT molecular complexity index is 133. The first-order valence-electron chi connectivity index (χ1n) is 4.73. The average Bonchev–Trinajstić information content (AvgIpc) is 2.08. The lowest BCUT2D eigenvalue weighted by Gasteiger charge is -2.27. The maximum Gasteiger partial charge on any atom is 0.192 e. The molecule has 0 saturated heterocycles. The highest BCUT2D eigenvalue weighted by atomic mass is 28.4. The summed E-state index contributed by atoms with van der Waals surface area (Å²) in [6, 6.07) is 3.35. The molecule has 0 aromatic rings. The molecule has 12 heavy (non-hydrogen) atoms. The van der Waals surface area contributed by atoms with Gasteiger partial charge in [0, 0.05) is 0 Å². The van der Waals surface area contributed by atoms with E-state index in [2.05, 4.69) is 20.8 Å². The average molecular weight is 188 g/mol. The Morgan fingerprint density at radius 2 is 1.58 bits per heavy atom. The second-order valence-corrected chi connectivity index (χ2v) is 8.01. The molecule has 0 atom stereocenters. The van der Waals surface area contributed by atoms with Crippen LogP contribution in [-0.2, 0) is 9.22 Å². The largest absolute Gasteiger partial charge is 0.410 e. The molecule has 0 aromatic heterocycles. The zero-order valence-electron chi connectivity index (χ0n) is 8.64. The third-order valence-corrected chi connectivity index (χ3v) is 7.14. The Labute approximate surface area is 76.4 Å². The molecule has 0 rings (SSSR count). The number of ketones is 1. The van der Waals surface area contributed by atoms with E-state index in [1.54, 1.807) is 6.92 Å². The van der Waals surface area contributed by atoms with Gasteiger partial charge in [-0.1, -0.05) is 20.8 Å². The van der Waals surface area contributed by atoms with E-state index < -0.39 is 8.32 Å². The summed E-state index contributed by atoms with van der Waals surface area (Å²) in [5, 5.41) is 0. The molecule has 0 bridgehead atoms. The van der Waals surface area contributed by atoms with Crippen LogP contribution < -0.4 is 0 Å². The van der Waals surface area contributed by atoms with E-state index in [0.29, 0.717) is 6.61 Å². The topological polar surface area (TPSA) is 26.3 Å². The Hall–Kier alpha value is -0.153. The van der Waals surface area contributed by atoms with Gasteiger partial charge in [-0.2, -0.15) is 0 Å². The third-order valence-electron chi connectivity index (χ3n) is 2.51. The Balaban J connectivity index is 4.01. The van der Waals surface area contributed by atoms with Crippen LogP contribution >= 0.6 is 0 Å². The second kappa shape index (κ2) is 5.49. The molecule has 0 unspecified atom stereocenters. The van der Waals surface area contributed by atoms with Gasteiger partial charge in [0.15, 0.2) is 14.1 Å². The lowest BCUT2D eigenvalue weighted by molar-refractivity contribution is -0.119. The van der Waals surface area contributed by atoms with Gasteiger partial charge in [0.2, 0.25) is 0 Å². The molecule has 2 nitrogen and oxygen atoms in total. The molecule has 0 saturated carbocycles. The fourth-order valence-electron chi connectivity index (χ4n) is 1.31. The van der Waals surface area contributed by atoms with Gasteiger partial charge in [0.05, 0.1) is 6.61 Å². The van der Waals surface area contributed by atoms with Crippen LogP contribution in [0, 0.1) is 0 Å². The summed E-state index contributed by atoms with van der Waals surface area (Å²) in [5.74, 6) is 0.141. The van der Waals surface area contributed by atoms with Crippen LogP contribution in [0.3, 0.4) is 0 Å². The normalized spacial score (nSPS) is 11.7. The van der Waals surface area contributed by atoms with Gasteiger partial charge >= 0.3 is 0 Å². The van der Waals surface area contributed by atoms with Gasteiger partial charge < -0.3 is 4.43 Å². The first-order chi connectivity index (χ1) is 5.60. The zero-order valence-corrected chi connectivity index (χ0v) is 9.64. The van der Waals surface area contributed by atoms with Crippen molar-refractivity contribution in [2.75, 3.05) is 6.61 Å². The molecule has 0 aromatic carbocycles. The monoisotopic (exact) mass is 188 g/mol. The van der Waals surface area contributed by atoms with Gasteiger partial charge in [-0.05, 0) is 25.1 Å². The van der Waals surface area contributed by atoms with Gasteiger partial charge in [-0.15, -0.1) is 0 Å². The number of Topliss-reactive ketones (excluding diaryl/α,β-unsaturated/α-hetero) is 1. The Morgan fingerprint density at radius 3 is 1.83 bits per heavy atom. The van der Waals surface area contributed by atoms with Crippen molar-refractivity contribution in [2.45, 2.75) is 45.8 Å². The minimum Gasteiger partial charge on any atom is -0.410 e. The number of hydrogen-bond donors (Lipinski definition) is 0. The number of carbonyl (C=O) groups excluding carboxylic acids is 1. The van der Waals surface area contributed by atoms with Gasteiger partial charge in [0.1, 0.15) is 0 Å². The lowest BCUT2D eigenvalue weighted by Crippen LogP contribution is -2.37. The summed E-state index contributed by atoms with van der Waals surface area (Å²) in [5.41, 5.74) is 0. The van der Waals surface area contributed by atoms with Crippen LogP contribution in [0.25, 0.3) is 0 Å². The van der Waals surface area contributed by atoms with Crippen LogP contribution in [0.1, 0.15) is 27.7 Å². The summed E-state index contributed by atoms with van der Waals surface area (Å²) >= 11 is 0. The van der Waals surface area contributed by atoms with Crippen molar-refractivity contribution in [1.29, 1.82) is 0 Å². The maximum absolute atomic E-state index is 10.7. The molecule has 3 heteroatoms. The fourth-order valence-corrected chi connectivity index (χ4v) is 3.93. The van der Waals surface area contributed by atoms with Crippen LogP contribution in [0.4, 0.5) is 0 Å². The van der Waals surface area contributed by atoms with Crippen molar-refractivity contribution in [3.8, 4) is 0 Å². The molecular formula is C9H20O2Si. The minimum atomic E-state index is -1.50. The van der Waals surface area contributed by atoms with Crippen molar-refractivity contribution in [2.24, 2.45) is 0 Å². The van der Waals surface area contributed by atoms with Crippen LogP contribution in [0.2, 0.25) is 18.1 Å². The molecule has 0 aliphatic rings. The van der Waals surface area contributed by atoms with E-state index in [1.807, 2.05) is 0 Å². The van der Waals surface area contributed by atoms with E-state index in [4.69, 9.17) is 4.43 Å². The highest BCUT2D eigenvalue weighted by Crippen LogP contribution is 2.21. The summed E-state index contributed by atoms with van der Waals surface area (Å²) in [6.45, 7) is 8.40. The first kappa shape index (κ1) is 11.8. The first-order valence-corrected chi connectivity index (χ1v) is 7.26. The molecule has 0 fully saturated rings. The maximum atomic E-state index is 10.7. The Morgan fingerprint density at radius 1 is 1.17 bits per heavy atom. The van der Waals surface area contributed by atoms with Crippen LogP contribution in [0.5, 0.6) is 0 Å². The zero-order chi connectivity index (χ0) is 9.61. The third kappa shape index (κ3) is 3.50. The highest BCUT2D eigenvalue weighted by molar-refractivity contribution is 6.73. The Kier molecular flexibility index (Phi) is 5.42. The highest BCUT2D eigenvalue weighted by Gasteiger charge is 2.28. The summed E-state index contributed by atoms with van der Waals surface area (Å²) in [4.78, 5) is 10.7. The minimum absolute atomic E-state index is 0.141. The van der Waals surface area contributed by atoms with Crippen molar-refractivity contribution in [1.82, 2.24) is 0 Å². The smallest absolute Gasteiger partial charge is 0.192 e. The second-order valence-electron chi connectivity index (χ2n) is 3.23. The van der Waals surface area contributed by atoms with E-state index >= 15 is 0 Å². The van der Waals surface area contributed by atoms with E-state index in [-0.39, 0.29) is 5.78 Å². The van der Waals surface area contributed by atoms with E-state index in [1.165, 1.54) is 0 Å². The van der Waals surface area contributed by atoms with E-state index in [9.17, 15) is 4.79 Å². The summed E-state index contributed by atoms with van der Waals surface area (Å²) in [6.07, 6.45) is 0. The lowest BCUT2D eigenvalue weighted by atomic mass is 10.5. The summed E-state index contributed by atoms with van der Waals surface area (Å²) in [7, 11) is -1.50. The fraction of sp³-hybridized carbons (Fsp3) is 0.889. The van der Waals surface area contributed by atoms with Gasteiger partial charge in [0.25, 0.3) is 0 Å². The standard InChI is InChI=1S/C9H20O2Si/c1-5-12(6-2,7-3)11-8-9(4)10/h5-8H2,1-4H3. The SMILES string of the molecule is CC[Si](CC)(CC)OCC(C)=O. The molecule has 0 N–H and O–H groups in total. The molecule has 0 radical (unpaired) electrons. The van der Waals surface area contributed by atoms with Gasteiger partial charge in [-0.3, -0.25) is 4.79 Å². The number of rotatable bonds is 6. The van der Waals surface area contributed by atoms with Gasteiger partial charge in [-0.25, -0.2) is 0 Å².